The topological polar surface area (TPSA) is 101 Å². The predicted octanol–water partition coefficient (Wildman–Crippen LogP) is 5.70. The molecule has 1 aliphatic heterocycles. The number of carbonyl (C=O) groups is 1. The number of methoxy groups -OCH3 is 1. The van der Waals surface area contributed by atoms with Crippen LogP contribution in [-0.4, -0.2) is 50.3 Å². The molecule has 0 radical (unpaired) electrons. The average molecular weight is 610 g/mol. The lowest BCUT2D eigenvalue weighted by molar-refractivity contribution is -0.0590. The van der Waals surface area contributed by atoms with Crippen LogP contribution >= 0.6 is 11.6 Å². The molecule has 0 unspecified atom stereocenters. The summed E-state index contributed by atoms with van der Waals surface area (Å²) >= 11 is 5.73. The molecule has 1 fully saturated rings. The lowest BCUT2D eigenvalue weighted by atomic mass is 10.0. The van der Waals surface area contributed by atoms with Crippen LogP contribution in [0.15, 0.2) is 54.7 Å². The maximum Gasteiger partial charge on any atom is 0.356 e. The molecular formula is C30H23ClF3N5O4. The zero-order valence-corrected chi connectivity index (χ0v) is 23.4. The quantitative estimate of drug-likeness (QED) is 0.196. The summed E-state index contributed by atoms with van der Waals surface area (Å²) in [5, 5.41) is 0.149. The van der Waals surface area contributed by atoms with Gasteiger partial charge in [0.25, 0.3) is 0 Å². The van der Waals surface area contributed by atoms with Gasteiger partial charge >= 0.3 is 5.97 Å². The van der Waals surface area contributed by atoms with Gasteiger partial charge in [-0.3, -0.25) is 4.98 Å². The van der Waals surface area contributed by atoms with Gasteiger partial charge in [0.1, 0.15) is 41.1 Å². The molecule has 0 amide bonds. The van der Waals surface area contributed by atoms with Gasteiger partial charge in [-0.05, 0) is 48.4 Å². The Hall–Kier alpha value is -4.55. The van der Waals surface area contributed by atoms with E-state index in [2.05, 4.69) is 19.9 Å². The summed E-state index contributed by atoms with van der Waals surface area (Å²) in [6.45, 7) is 0.778. The minimum absolute atomic E-state index is 0.0183. The van der Waals surface area contributed by atoms with E-state index in [1.165, 1.54) is 31.5 Å². The van der Waals surface area contributed by atoms with Crippen molar-refractivity contribution in [1.29, 1.82) is 0 Å². The first-order valence-corrected chi connectivity index (χ1v) is 13.6. The van der Waals surface area contributed by atoms with E-state index < -0.39 is 23.4 Å². The number of benzene rings is 1. The van der Waals surface area contributed by atoms with Gasteiger partial charge in [0.2, 0.25) is 5.88 Å². The van der Waals surface area contributed by atoms with Crippen LogP contribution in [0.2, 0.25) is 5.02 Å². The van der Waals surface area contributed by atoms with Gasteiger partial charge in [-0.25, -0.2) is 32.9 Å². The summed E-state index contributed by atoms with van der Waals surface area (Å²) in [6, 6.07) is 11.0. The Balaban J connectivity index is 1.27. The van der Waals surface area contributed by atoms with E-state index in [0.29, 0.717) is 30.1 Å². The SMILES string of the molecule is COC(=O)c1ccc2nc(Cc3cc(F)c(-c4cccc(OCc5ncc(Cl)cc5F)n4)cc3F)n(C[C@@H]3CCO3)c2n1. The zero-order chi connectivity index (χ0) is 30.1. The standard InChI is InChI=1S/C30H23ClF3N5O4/c1-41-30(40)25-6-5-24-29(38-25)39(14-18-7-8-42-18)27(36-24)10-16-9-21(33)19(12-20(16)32)23-3-2-4-28(37-23)43-15-26-22(34)11-17(31)13-35-26/h2-6,9,11-13,18H,7-8,10,14-15H2,1H3/t18-/m0/s1. The van der Waals surface area contributed by atoms with E-state index in [1.54, 1.807) is 16.7 Å². The largest absolute Gasteiger partial charge is 0.471 e. The Labute approximate surface area is 248 Å². The predicted molar refractivity (Wildman–Crippen MR) is 149 cm³/mol. The third kappa shape index (κ3) is 6.02. The molecule has 1 atom stereocenters. The second-order valence-electron chi connectivity index (χ2n) is 9.78. The van der Waals surface area contributed by atoms with Gasteiger partial charge in [0.15, 0.2) is 11.3 Å². The fourth-order valence-electron chi connectivity index (χ4n) is 4.65. The molecule has 4 aromatic heterocycles. The zero-order valence-electron chi connectivity index (χ0n) is 22.7. The minimum atomic E-state index is -0.706. The summed E-state index contributed by atoms with van der Waals surface area (Å²) in [4.78, 5) is 29.2. The molecule has 1 aromatic carbocycles. The van der Waals surface area contributed by atoms with Crippen molar-refractivity contribution in [2.24, 2.45) is 0 Å². The van der Waals surface area contributed by atoms with Gasteiger partial charge in [-0.1, -0.05) is 17.7 Å². The first-order chi connectivity index (χ1) is 20.8. The smallest absolute Gasteiger partial charge is 0.356 e. The van der Waals surface area contributed by atoms with Crippen molar-refractivity contribution in [3.8, 4) is 17.1 Å². The summed E-state index contributed by atoms with van der Waals surface area (Å²) in [6.07, 6.45) is 1.99. The van der Waals surface area contributed by atoms with Gasteiger partial charge in [0, 0.05) is 30.9 Å². The number of hydrogen-bond acceptors (Lipinski definition) is 8. The Kier molecular flexibility index (Phi) is 7.96. The molecule has 9 nitrogen and oxygen atoms in total. The number of fused-ring (bicyclic) bond motifs is 1. The number of carbonyl (C=O) groups excluding carboxylic acids is 1. The van der Waals surface area contributed by atoms with E-state index in [0.717, 1.165) is 24.6 Å². The maximum absolute atomic E-state index is 15.5. The fraction of sp³-hybridized carbons (Fsp3) is 0.233. The van der Waals surface area contributed by atoms with E-state index in [-0.39, 0.29) is 58.2 Å². The third-order valence-corrected chi connectivity index (χ3v) is 7.18. The highest BCUT2D eigenvalue weighted by molar-refractivity contribution is 6.30. The van der Waals surface area contributed by atoms with Gasteiger partial charge in [-0.15, -0.1) is 0 Å². The Morgan fingerprint density at radius 1 is 1.07 bits per heavy atom. The molecule has 0 bridgehead atoms. The number of hydrogen-bond donors (Lipinski definition) is 0. The highest BCUT2D eigenvalue weighted by Crippen LogP contribution is 2.29. The Morgan fingerprint density at radius 3 is 2.65 bits per heavy atom. The van der Waals surface area contributed by atoms with Crippen LogP contribution in [0.1, 0.15) is 34.0 Å². The molecular weight excluding hydrogens is 587 g/mol. The highest BCUT2D eigenvalue weighted by Gasteiger charge is 2.24. The molecule has 1 saturated heterocycles. The lowest BCUT2D eigenvalue weighted by Gasteiger charge is -2.27. The van der Waals surface area contributed by atoms with Crippen LogP contribution in [0.5, 0.6) is 5.88 Å². The van der Waals surface area contributed by atoms with E-state index >= 15 is 8.78 Å². The van der Waals surface area contributed by atoms with Crippen molar-refractivity contribution in [3.05, 3.63) is 100.0 Å². The molecule has 5 heterocycles. The van der Waals surface area contributed by atoms with Crippen molar-refractivity contribution < 1.29 is 32.2 Å². The number of pyridine rings is 3. The first kappa shape index (κ1) is 28.6. The van der Waals surface area contributed by atoms with E-state index in [4.69, 9.17) is 25.8 Å². The second-order valence-corrected chi connectivity index (χ2v) is 10.2. The Morgan fingerprint density at radius 2 is 1.91 bits per heavy atom. The van der Waals surface area contributed by atoms with E-state index in [1.807, 2.05) is 0 Å². The number of ether oxygens (including phenoxy) is 3. The molecule has 0 N–H and O–H groups in total. The van der Waals surface area contributed by atoms with Crippen LogP contribution < -0.4 is 4.74 Å². The number of rotatable bonds is 9. The number of halogens is 4. The summed E-state index contributed by atoms with van der Waals surface area (Å²) in [5.41, 5.74) is 1.14. The fourth-order valence-corrected chi connectivity index (χ4v) is 4.80. The first-order valence-electron chi connectivity index (χ1n) is 13.2. The molecule has 220 valence electrons. The minimum Gasteiger partial charge on any atom is -0.471 e. The molecule has 5 aromatic rings. The third-order valence-electron chi connectivity index (χ3n) is 6.97. The van der Waals surface area contributed by atoms with Crippen LogP contribution in [0.3, 0.4) is 0 Å². The molecule has 6 rings (SSSR count). The monoisotopic (exact) mass is 609 g/mol. The molecule has 1 aliphatic rings. The summed E-state index contributed by atoms with van der Waals surface area (Å²) in [7, 11) is 1.26. The van der Waals surface area contributed by atoms with Gasteiger partial charge in [-0.2, -0.15) is 0 Å². The molecule has 0 saturated carbocycles. The van der Waals surface area contributed by atoms with Crippen LogP contribution in [-0.2, 0) is 29.0 Å². The number of esters is 1. The molecule has 0 aliphatic carbocycles. The molecule has 43 heavy (non-hydrogen) atoms. The second kappa shape index (κ2) is 12.0. The highest BCUT2D eigenvalue weighted by atomic mass is 35.5. The Bertz CT molecular complexity index is 1850. The maximum atomic E-state index is 15.5. The average Bonchev–Trinajstić information content (AvgIpc) is 3.31. The van der Waals surface area contributed by atoms with Crippen molar-refractivity contribution in [1.82, 2.24) is 24.5 Å². The molecule has 13 heteroatoms. The van der Waals surface area contributed by atoms with Crippen molar-refractivity contribution in [2.75, 3.05) is 13.7 Å². The normalized spacial score (nSPS) is 14.5. The number of nitrogens with zero attached hydrogens (tertiary/aromatic N) is 5. The molecule has 0 spiro atoms. The van der Waals surface area contributed by atoms with Crippen LogP contribution in [0, 0.1) is 17.5 Å². The van der Waals surface area contributed by atoms with Crippen molar-refractivity contribution in [2.45, 2.75) is 32.1 Å². The van der Waals surface area contributed by atoms with Gasteiger partial charge < -0.3 is 18.8 Å². The van der Waals surface area contributed by atoms with Crippen molar-refractivity contribution >= 4 is 28.7 Å². The van der Waals surface area contributed by atoms with E-state index in [9.17, 15) is 9.18 Å². The van der Waals surface area contributed by atoms with Crippen molar-refractivity contribution in [3.63, 3.8) is 0 Å². The van der Waals surface area contributed by atoms with Crippen LogP contribution in [0.4, 0.5) is 13.2 Å². The summed E-state index contributed by atoms with van der Waals surface area (Å²) < 4.78 is 62.6. The lowest BCUT2D eigenvalue weighted by Crippen LogP contribution is -2.32. The number of imidazole rings is 1. The van der Waals surface area contributed by atoms with Gasteiger partial charge in [0.05, 0.1) is 30.5 Å². The number of aromatic nitrogens is 5. The summed E-state index contributed by atoms with van der Waals surface area (Å²) in [5.74, 6) is -2.11. The van der Waals surface area contributed by atoms with Crippen LogP contribution in [0.25, 0.3) is 22.4 Å².